The fraction of sp³-hybridized carbons (Fsp3) is 0.375. The van der Waals surface area contributed by atoms with Crippen molar-refractivity contribution in [3.8, 4) is 11.3 Å². The lowest BCUT2D eigenvalue weighted by Crippen LogP contribution is -2.48. The third-order valence-electron chi connectivity index (χ3n) is 4.41. The van der Waals surface area contributed by atoms with Crippen molar-refractivity contribution in [2.75, 3.05) is 19.6 Å². The third-order valence-corrected chi connectivity index (χ3v) is 5.50. The highest BCUT2D eigenvalue weighted by Gasteiger charge is 2.38. The molecule has 1 saturated heterocycles. The van der Waals surface area contributed by atoms with E-state index >= 15 is 0 Å². The molecule has 0 atom stereocenters. The zero-order valence-corrected chi connectivity index (χ0v) is 13.1. The number of nitrogens with two attached hydrogens (primary N) is 1. The molecule has 1 aromatic heterocycles. The van der Waals surface area contributed by atoms with Gasteiger partial charge in [-0.2, -0.15) is 0 Å². The number of carbonyl (C=O) groups is 1. The van der Waals surface area contributed by atoms with Crippen molar-refractivity contribution in [3.63, 3.8) is 0 Å². The second kappa shape index (κ2) is 6.06. The van der Waals surface area contributed by atoms with Crippen molar-refractivity contribution >= 4 is 17.4 Å². The van der Waals surface area contributed by atoms with Gasteiger partial charge in [-0.3, -0.25) is 0 Å². The van der Waals surface area contributed by atoms with Crippen LogP contribution >= 0.6 is 11.3 Å². The first-order valence-electron chi connectivity index (χ1n) is 7.34. The van der Waals surface area contributed by atoms with Gasteiger partial charge in [0.05, 0.1) is 5.69 Å². The number of thiazole rings is 1. The fourth-order valence-electron chi connectivity index (χ4n) is 2.89. The van der Waals surface area contributed by atoms with Crippen LogP contribution in [0.4, 0.5) is 4.79 Å². The number of aromatic nitrogens is 1. The van der Waals surface area contributed by atoms with Gasteiger partial charge < -0.3 is 15.7 Å². The van der Waals surface area contributed by atoms with Crippen LogP contribution in [-0.2, 0) is 5.41 Å². The number of hydrogen-bond acceptors (Lipinski definition) is 4. The number of likely N-dealkylation sites (tertiary alicyclic amines) is 1. The average molecular weight is 317 g/mol. The molecule has 1 amide bonds. The molecule has 1 aliphatic rings. The molecule has 116 valence electrons. The number of nitrogens with zero attached hydrogens (tertiary/aromatic N) is 2. The van der Waals surface area contributed by atoms with Gasteiger partial charge in [0, 0.05) is 36.0 Å². The molecule has 1 fully saturated rings. The lowest BCUT2D eigenvalue weighted by Gasteiger charge is -2.38. The summed E-state index contributed by atoms with van der Waals surface area (Å²) in [6, 6.07) is 10.1. The van der Waals surface area contributed by atoms with E-state index in [0.29, 0.717) is 19.6 Å². The van der Waals surface area contributed by atoms with E-state index in [-0.39, 0.29) is 5.41 Å². The number of hydrogen-bond donors (Lipinski definition) is 2. The maximum absolute atomic E-state index is 11.1. The minimum Gasteiger partial charge on any atom is -0.465 e. The zero-order valence-electron chi connectivity index (χ0n) is 12.2. The van der Waals surface area contributed by atoms with Gasteiger partial charge in [0.2, 0.25) is 0 Å². The Kier molecular flexibility index (Phi) is 4.13. The maximum atomic E-state index is 11.1. The molecule has 0 radical (unpaired) electrons. The number of carboxylic acid groups (broad SMARTS) is 1. The molecule has 0 unspecified atom stereocenters. The van der Waals surface area contributed by atoms with Crippen LogP contribution in [0.1, 0.15) is 17.8 Å². The molecule has 1 aliphatic heterocycles. The molecular formula is C16H19N3O2S. The highest BCUT2D eigenvalue weighted by atomic mass is 32.1. The summed E-state index contributed by atoms with van der Waals surface area (Å²) in [5.74, 6) is 0. The number of benzene rings is 1. The lowest BCUT2D eigenvalue weighted by molar-refractivity contribution is 0.117. The van der Waals surface area contributed by atoms with Gasteiger partial charge in [0.1, 0.15) is 5.01 Å². The monoisotopic (exact) mass is 317 g/mol. The summed E-state index contributed by atoms with van der Waals surface area (Å²) in [5, 5.41) is 12.2. The maximum Gasteiger partial charge on any atom is 0.407 e. The second-order valence-electron chi connectivity index (χ2n) is 5.66. The smallest absolute Gasteiger partial charge is 0.407 e. The SMILES string of the molecule is NCC1(c2nc(-c3ccccc3)cs2)CCN(C(=O)O)CC1. The standard InChI is InChI=1S/C16H19N3O2S/c17-11-16(6-8-19(9-7-16)15(20)21)14-18-13(10-22-14)12-4-2-1-3-5-12/h1-5,10H,6-9,11,17H2,(H,20,21). The lowest BCUT2D eigenvalue weighted by atomic mass is 9.79. The fourth-order valence-corrected chi connectivity index (χ4v) is 3.99. The van der Waals surface area contributed by atoms with Crippen molar-refractivity contribution in [3.05, 3.63) is 40.7 Å². The number of rotatable bonds is 3. The Balaban J connectivity index is 1.83. The first-order valence-corrected chi connectivity index (χ1v) is 8.22. The summed E-state index contributed by atoms with van der Waals surface area (Å²) in [6.45, 7) is 1.54. The van der Waals surface area contributed by atoms with Crippen molar-refractivity contribution in [1.82, 2.24) is 9.88 Å². The van der Waals surface area contributed by atoms with Crippen LogP contribution < -0.4 is 5.73 Å². The summed E-state index contributed by atoms with van der Waals surface area (Å²) in [4.78, 5) is 17.3. The quantitative estimate of drug-likeness (QED) is 0.912. The molecule has 2 heterocycles. The van der Waals surface area contributed by atoms with E-state index in [9.17, 15) is 4.79 Å². The predicted molar refractivity (Wildman–Crippen MR) is 87.1 cm³/mol. The zero-order chi connectivity index (χ0) is 15.6. The largest absolute Gasteiger partial charge is 0.465 e. The number of piperidine rings is 1. The first kappa shape index (κ1) is 15.0. The van der Waals surface area contributed by atoms with E-state index in [2.05, 4.69) is 5.38 Å². The highest BCUT2D eigenvalue weighted by molar-refractivity contribution is 7.10. The summed E-state index contributed by atoms with van der Waals surface area (Å²) in [7, 11) is 0. The van der Waals surface area contributed by atoms with E-state index in [1.807, 2.05) is 30.3 Å². The van der Waals surface area contributed by atoms with Gasteiger partial charge >= 0.3 is 6.09 Å². The Morgan fingerprint density at radius 2 is 2.00 bits per heavy atom. The second-order valence-corrected chi connectivity index (χ2v) is 6.52. The van der Waals surface area contributed by atoms with E-state index < -0.39 is 6.09 Å². The summed E-state index contributed by atoms with van der Waals surface area (Å²) < 4.78 is 0. The summed E-state index contributed by atoms with van der Waals surface area (Å²) >= 11 is 1.63. The van der Waals surface area contributed by atoms with Crippen molar-refractivity contribution < 1.29 is 9.90 Å². The Labute approximate surface area is 133 Å². The molecular weight excluding hydrogens is 298 g/mol. The van der Waals surface area contributed by atoms with Gasteiger partial charge in [-0.15, -0.1) is 11.3 Å². The first-order chi connectivity index (χ1) is 10.6. The van der Waals surface area contributed by atoms with Gasteiger partial charge in [-0.05, 0) is 12.8 Å². The molecule has 1 aromatic carbocycles. The van der Waals surface area contributed by atoms with Crippen molar-refractivity contribution in [1.29, 1.82) is 0 Å². The Morgan fingerprint density at radius 3 is 2.59 bits per heavy atom. The van der Waals surface area contributed by atoms with Gasteiger partial charge in [-0.1, -0.05) is 30.3 Å². The molecule has 3 N–H and O–H groups in total. The molecule has 22 heavy (non-hydrogen) atoms. The van der Waals surface area contributed by atoms with Crippen LogP contribution in [0.5, 0.6) is 0 Å². The minimum absolute atomic E-state index is 0.191. The van der Waals surface area contributed by atoms with Crippen molar-refractivity contribution in [2.45, 2.75) is 18.3 Å². The molecule has 3 rings (SSSR count). The Morgan fingerprint density at radius 1 is 1.32 bits per heavy atom. The van der Waals surface area contributed by atoms with E-state index in [0.717, 1.165) is 29.1 Å². The Bertz CT molecular complexity index is 648. The van der Waals surface area contributed by atoms with Crippen LogP contribution in [-0.4, -0.2) is 40.7 Å². The average Bonchev–Trinajstić information content (AvgIpc) is 3.06. The van der Waals surface area contributed by atoms with Crippen LogP contribution in [0.15, 0.2) is 35.7 Å². The Hall–Kier alpha value is -1.92. The molecule has 0 spiro atoms. The molecule has 6 heteroatoms. The molecule has 0 saturated carbocycles. The van der Waals surface area contributed by atoms with Crippen LogP contribution in [0.25, 0.3) is 11.3 Å². The predicted octanol–water partition coefficient (Wildman–Crippen LogP) is 2.78. The van der Waals surface area contributed by atoms with Gasteiger partial charge in [0.15, 0.2) is 0 Å². The van der Waals surface area contributed by atoms with Crippen LogP contribution in [0, 0.1) is 0 Å². The number of amides is 1. The molecule has 2 aromatic rings. The molecule has 0 bridgehead atoms. The van der Waals surface area contributed by atoms with E-state index in [4.69, 9.17) is 15.8 Å². The summed E-state index contributed by atoms with van der Waals surface area (Å²) in [6.07, 6.45) is 0.615. The summed E-state index contributed by atoms with van der Waals surface area (Å²) in [5.41, 5.74) is 7.91. The highest BCUT2D eigenvalue weighted by Crippen LogP contribution is 2.38. The van der Waals surface area contributed by atoms with E-state index in [1.165, 1.54) is 4.90 Å². The topological polar surface area (TPSA) is 79.5 Å². The third kappa shape index (κ3) is 2.71. The van der Waals surface area contributed by atoms with Crippen molar-refractivity contribution in [2.24, 2.45) is 5.73 Å². The van der Waals surface area contributed by atoms with Gasteiger partial charge in [0.25, 0.3) is 0 Å². The molecule has 5 nitrogen and oxygen atoms in total. The van der Waals surface area contributed by atoms with E-state index in [1.54, 1.807) is 11.3 Å². The normalized spacial score (nSPS) is 17.4. The van der Waals surface area contributed by atoms with Gasteiger partial charge in [-0.25, -0.2) is 9.78 Å². The van der Waals surface area contributed by atoms with Crippen LogP contribution in [0.2, 0.25) is 0 Å². The van der Waals surface area contributed by atoms with Crippen LogP contribution in [0.3, 0.4) is 0 Å². The molecule has 0 aliphatic carbocycles. The minimum atomic E-state index is -0.852.